The molecule has 0 bridgehead atoms. The molecule has 1 N–H and O–H groups in total. The van der Waals surface area contributed by atoms with E-state index in [-0.39, 0.29) is 23.5 Å². The molecule has 0 radical (unpaired) electrons. The summed E-state index contributed by atoms with van der Waals surface area (Å²) in [7, 11) is 0. The lowest BCUT2D eigenvalue weighted by Gasteiger charge is -2.36. The fourth-order valence-electron chi connectivity index (χ4n) is 4.70. The first kappa shape index (κ1) is 19.3. The van der Waals surface area contributed by atoms with Crippen LogP contribution >= 0.6 is 0 Å². The van der Waals surface area contributed by atoms with Gasteiger partial charge in [0.2, 0.25) is 5.91 Å². The fraction of sp³-hybridized carbons (Fsp3) is 0.364. The SMILES string of the molecule is O=C1Nc2cc(C(=O)N3CCN(c4ccc([N+](=O)[O-])cc4)CC3)ccc2N2CCC[C@@H]12. The predicted molar refractivity (Wildman–Crippen MR) is 117 cm³/mol. The third-order valence-electron chi connectivity index (χ3n) is 6.36. The van der Waals surface area contributed by atoms with Crippen LogP contribution < -0.4 is 15.1 Å². The Balaban J connectivity index is 1.26. The molecule has 0 aliphatic carbocycles. The van der Waals surface area contributed by atoms with Crippen LogP contribution in [0.4, 0.5) is 22.7 Å². The zero-order valence-electron chi connectivity index (χ0n) is 17.0. The Kier molecular flexibility index (Phi) is 4.72. The molecule has 9 heteroatoms. The number of fused-ring (bicyclic) bond motifs is 3. The molecule has 3 heterocycles. The van der Waals surface area contributed by atoms with E-state index in [1.54, 1.807) is 18.2 Å². The van der Waals surface area contributed by atoms with E-state index in [2.05, 4.69) is 15.1 Å². The highest BCUT2D eigenvalue weighted by molar-refractivity contribution is 6.06. The van der Waals surface area contributed by atoms with Gasteiger partial charge in [-0.3, -0.25) is 19.7 Å². The maximum absolute atomic E-state index is 13.1. The van der Waals surface area contributed by atoms with Gasteiger partial charge in [0.1, 0.15) is 6.04 Å². The van der Waals surface area contributed by atoms with Crippen LogP contribution in [-0.4, -0.2) is 60.4 Å². The highest BCUT2D eigenvalue weighted by Gasteiger charge is 2.36. The molecule has 0 spiro atoms. The number of nitro benzene ring substituents is 1. The number of hydrogen-bond donors (Lipinski definition) is 1. The van der Waals surface area contributed by atoms with E-state index in [0.29, 0.717) is 37.4 Å². The number of nitrogens with zero attached hydrogens (tertiary/aromatic N) is 4. The van der Waals surface area contributed by atoms with Crippen LogP contribution in [-0.2, 0) is 4.79 Å². The van der Waals surface area contributed by atoms with Gasteiger partial charge in [0, 0.05) is 56.1 Å². The van der Waals surface area contributed by atoms with Crippen LogP contribution in [0.5, 0.6) is 0 Å². The molecule has 2 saturated heterocycles. The van der Waals surface area contributed by atoms with Gasteiger partial charge in [-0.1, -0.05) is 0 Å². The van der Waals surface area contributed by atoms with Crippen LogP contribution in [0.25, 0.3) is 0 Å². The number of nitro groups is 1. The van der Waals surface area contributed by atoms with Crippen molar-refractivity contribution in [2.24, 2.45) is 0 Å². The van der Waals surface area contributed by atoms with Crippen molar-refractivity contribution >= 4 is 34.6 Å². The molecule has 0 aromatic heterocycles. The first-order valence-corrected chi connectivity index (χ1v) is 10.5. The Bertz CT molecular complexity index is 1050. The summed E-state index contributed by atoms with van der Waals surface area (Å²) in [5.41, 5.74) is 3.24. The number of non-ortho nitro benzene ring substituents is 1. The Morgan fingerprint density at radius 1 is 1.03 bits per heavy atom. The molecule has 0 saturated carbocycles. The number of piperazine rings is 1. The smallest absolute Gasteiger partial charge is 0.269 e. The number of amides is 2. The van der Waals surface area contributed by atoms with Crippen molar-refractivity contribution < 1.29 is 14.5 Å². The molecule has 2 amide bonds. The molecular formula is C22H23N5O4. The van der Waals surface area contributed by atoms with Gasteiger partial charge in [0.15, 0.2) is 0 Å². The molecular weight excluding hydrogens is 398 g/mol. The van der Waals surface area contributed by atoms with E-state index in [9.17, 15) is 19.7 Å². The number of hydrogen-bond acceptors (Lipinski definition) is 6. The third-order valence-corrected chi connectivity index (χ3v) is 6.36. The van der Waals surface area contributed by atoms with Crippen LogP contribution in [0.2, 0.25) is 0 Å². The summed E-state index contributed by atoms with van der Waals surface area (Å²) in [5.74, 6) is -0.0461. The Hall–Kier alpha value is -3.62. The maximum Gasteiger partial charge on any atom is 0.269 e. The van der Waals surface area contributed by atoms with E-state index in [0.717, 1.165) is 30.8 Å². The van der Waals surface area contributed by atoms with E-state index < -0.39 is 4.92 Å². The monoisotopic (exact) mass is 421 g/mol. The molecule has 31 heavy (non-hydrogen) atoms. The Morgan fingerprint density at radius 3 is 2.48 bits per heavy atom. The molecule has 2 aromatic carbocycles. The molecule has 5 rings (SSSR count). The minimum atomic E-state index is -0.411. The zero-order chi connectivity index (χ0) is 21.5. The Labute approximate surface area is 179 Å². The van der Waals surface area contributed by atoms with Crippen LogP contribution in [0.1, 0.15) is 23.2 Å². The molecule has 3 aliphatic heterocycles. The second kappa shape index (κ2) is 7.57. The lowest BCUT2D eigenvalue weighted by Crippen LogP contribution is -2.49. The van der Waals surface area contributed by atoms with Crippen LogP contribution in [0, 0.1) is 10.1 Å². The van der Waals surface area contributed by atoms with Gasteiger partial charge in [-0.15, -0.1) is 0 Å². The highest BCUT2D eigenvalue weighted by Crippen LogP contribution is 2.37. The standard InChI is InChI=1S/C22H23N5O4/c28-21-20-2-1-9-26(20)19-8-3-15(14-18(19)23-21)22(29)25-12-10-24(11-13-25)16-4-6-17(7-5-16)27(30)31/h3-8,14,20H,1-2,9-13H2,(H,23,28)/t20-/m0/s1. The van der Waals surface area contributed by atoms with Gasteiger partial charge in [-0.25, -0.2) is 0 Å². The minimum Gasteiger partial charge on any atom is -0.368 e. The fourth-order valence-corrected chi connectivity index (χ4v) is 4.70. The van der Waals surface area contributed by atoms with Gasteiger partial charge in [0.25, 0.3) is 11.6 Å². The Morgan fingerprint density at radius 2 is 1.77 bits per heavy atom. The van der Waals surface area contributed by atoms with Crippen LogP contribution in [0.3, 0.4) is 0 Å². The van der Waals surface area contributed by atoms with Gasteiger partial charge >= 0.3 is 0 Å². The molecule has 9 nitrogen and oxygen atoms in total. The van der Waals surface area contributed by atoms with E-state index in [1.807, 2.05) is 17.0 Å². The van der Waals surface area contributed by atoms with Gasteiger partial charge < -0.3 is 20.0 Å². The van der Waals surface area contributed by atoms with E-state index >= 15 is 0 Å². The minimum absolute atomic E-state index is 0.00584. The number of rotatable bonds is 3. The number of anilines is 3. The summed E-state index contributed by atoms with van der Waals surface area (Å²) in [6.45, 7) is 3.30. The van der Waals surface area contributed by atoms with Crippen molar-refractivity contribution in [3.63, 3.8) is 0 Å². The van der Waals surface area contributed by atoms with Gasteiger partial charge in [0.05, 0.1) is 16.3 Å². The first-order chi connectivity index (χ1) is 15.0. The second-order valence-corrected chi connectivity index (χ2v) is 8.13. The van der Waals surface area contributed by atoms with Crippen molar-refractivity contribution in [2.75, 3.05) is 47.8 Å². The highest BCUT2D eigenvalue weighted by atomic mass is 16.6. The molecule has 2 fully saturated rings. The van der Waals surface area contributed by atoms with Crippen molar-refractivity contribution in [1.29, 1.82) is 0 Å². The average molecular weight is 421 g/mol. The first-order valence-electron chi connectivity index (χ1n) is 10.5. The molecule has 160 valence electrons. The topological polar surface area (TPSA) is 99.0 Å². The average Bonchev–Trinajstić information content (AvgIpc) is 3.29. The van der Waals surface area contributed by atoms with E-state index in [4.69, 9.17) is 0 Å². The summed E-state index contributed by atoms with van der Waals surface area (Å²) < 4.78 is 0. The summed E-state index contributed by atoms with van der Waals surface area (Å²) in [5, 5.41) is 13.8. The third kappa shape index (κ3) is 3.45. The van der Waals surface area contributed by atoms with Crippen molar-refractivity contribution in [3.8, 4) is 0 Å². The zero-order valence-corrected chi connectivity index (χ0v) is 17.0. The van der Waals surface area contributed by atoms with E-state index in [1.165, 1.54) is 12.1 Å². The number of benzene rings is 2. The van der Waals surface area contributed by atoms with Gasteiger partial charge in [-0.2, -0.15) is 0 Å². The molecule has 3 aliphatic rings. The van der Waals surface area contributed by atoms with Crippen molar-refractivity contribution in [2.45, 2.75) is 18.9 Å². The maximum atomic E-state index is 13.1. The molecule has 2 aromatic rings. The van der Waals surface area contributed by atoms with Crippen LogP contribution in [0.15, 0.2) is 42.5 Å². The quantitative estimate of drug-likeness (QED) is 0.604. The second-order valence-electron chi connectivity index (χ2n) is 8.13. The number of carbonyl (C=O) groups excluding carboxylic acids is 2. The normalized spacial score (nSPS) is 20.2. The molecule has 1 atom stereocenters. The predicted octanol–water partition coefficient (Wildman–Crippen LogP) is 2.48. The van der Waals surface area contributed by atoms with Crippen molar-refractivity contribution in [1.82, 2.24) is 4.90 Å². The summed E-state index contributed by atoms with van der Waals surface area (Å²) in [6, 6.07) is 12.0. The number of carbonyl (C=O) groups is 2. The molecule has 0 unspecified atom stereocenters. The summed E-state index contributed by atoms with van der Waals surface area (Å²) >= 11 is 0. The van der Waals surface area contributed by atoms with Gasteiger partial charge in [-0.05, 0) is 43.2 Å². The van der Waals surface area contributed by atoms with Crippen molar-refractivity contribution in [3.05, 3.63) is 58.1 Å². The largest absolute Gasteiger partial charge is 0.368 e. The summed E-state index contributed by atoms with van der Waals surface area (Å²) in [6.07, 6.45) is 1.86. The lowest BCUT2D eigenvalue weighted by atomic mass is 10.1. The lowest BCUT2D eigenvalue weighted by molar-refractivity contribution is -0.384. The number of nitrogens with one attached hydrogen (secondary N) is 1. The summed E-state index contributed by atoms with van der Waals surface area (Å²) in [4.78, 5) is 41.9.